The maximum atomic E-state index is 12.7. The Morgan fingerprint density at radius 3 is 2.78 bits per heavy atom. The molecule has 0 N–H and O–H groups in total. The normalized spacial score (nSPS) is 11.7. The van der Waals surface area contributed by atoms with E-state index in [-0.39, 0.29) is 22.1 Å². The first kappa shape index (κ1) is 16.8. The second-order valence-corrected chi connectivity index (χ2v) is 4.67. The molecule has 0 aliphatic carbocycles. The van der Waals surface area contributed by atoms with Gasteiger partial charge in [-0.3, -0.25) is 0 Å². The van der Waals surface area contributed by atoms with E-state index in [1.165, 1.54) is 16.9 Å². The van der Waals surface area contributed by atoms with E-state index in [1.54, 1.807) is 6.92 Å². The van der Waals surface area contributed by atoms with Crippen LogP contribution in [0.1, 0.15) is 18.1 Å². The Bertz CT molecular complexity index is 777. The van der Waals surface area contributed by atoms with Crippen LogP contribution in [0, 0.1) is 11.3 Å². The van der Waals surface area contributed by atoms with Gasteiger partial charge in [-0.25, -0.2) is 4.68 Å². The van der Waals surface area contributed by atoms with E-state index in [0.717, 1.165) is 18.5 Å². The zero-order chi connectivity index (χ0) is 17.0. The van der Waals surface area contributed by atoms with E-state index >= 15 is 0 Å². The van der Waals surface area contributed by atoms with Gasteiger partial charge in [0, 0.05) is 0 Å². The molecule has 0 atom stereocenters. The molecule has 0 spiro atoms. The molecule has 1 aromatic carbocycles. The molecule has 120 valence electrons. The number of halogens is 4. The topological polar surface area (TPSA) is 63.2 Å². The Labute approximate surface area is 134 Å². The van der Waals surface area contributed by atoms with Gasteiger partial charge < -0.3 is 4.74 Å². The Balaban J connectivity index is 2.51. The van der Waals surface area contributed by atoms with Crippen molar-refractivity contribution >= 4 is 23.8 Å². The number of hydrogen-bond donors (Lipinski definition) is 0. The third kappa shape index (κ3) is 3.63. The highest BCUT2D eigenvalue weighted by atomic mass is 35.5. The molecule has 0 saturated heterocycles. The largest absolute Gasteiger partial charge is 0.483 e. The summed E-state index contributed by atoms with van der Waals surface area (Å²) in [5, 5.41) is 12.8. The maximum Gasteiger partial charge on any atom is 0.416 e. The van der Waals surface area contributed by atoms with Crippen molar-refractivity contribution in [3.63, 3.8) is 0 Å². The van der Waals surface area contributed by atoms with Gasteiger partial charge in [0.15, 0.2) is 12.2 Å². The van der Waals surface area contributed by atoms with Crippen LogP contribution >= 0.6 is 11.6 Å². The van der Waals surface area contributed by atoms with Crippen molar-refractivity contribution in [2.75, 3.05) is 6.61 Å². The molecule has 0 fully saturated rings. The molecule has 2 rings (SSSR count). The van der Waals surface area contributed by atoms with Gasteiger partial charge in [-0.1, -0.05) is 11.6 Å². The molecule has 0 unspecified atom stereocenters. The lowest BCUT2D eigenvalue weighted by atomic mass is 10.2. The van der Waals surface area contributed by atoms with Crippen LogP contribution in [0.15, 0.2) is 29.4 Å². The van der Waals surface area contributed by atoms with Crippen LogP contribution in [-0.2, 0) is 10.9 Å². The lowest BCUT2D eigenvalue weighted by molar-refractivity contribution is -0.137. The molecule has 1 aromatic heterocycles. The highest BCUT2D eigenvalue weighted by molar-refractivity contribution is 6.32. The van der Waals surface area contributed by atoms with Crippen LogP contribution in [0.3, 0.4) is 0 Å². The first-order valence-corrected chi connectivity index (χ1v) is 6.75. The Morgan fingerprint density at radius 1 is 1.48 bits per heavy atom. The summed E-state index contributed by atoms with van der Waals surface area (Å²) < 4.78 is 44.2. The van der Waals surface area contributed by atoms with Gasteiger partial charge in [-0.05, 0) is 25.1 Å². The molecule has 0 saturated carbocycles. The predicted octanol–water partition coefficient (Wildman–Crippen LogP) is 4.11. The second kappa shape index (κ2) is 6.71. The third-order valence-corrected chi connectivity index (χ3v) is 3.09. The van der Waals surface area contributed by atoms with Crippen LogP contribution in [0.4, 0.5) is 19.0 Å². The van der Waals surface area contributed by atoms with Crippen LogP contribution in [0.5, 0.6) is 0 Å². The molecule has 0 bridgehead atoms. The molecular formula is C14H10ClF3N4O. The molecule has 9 heteroatoms. The number of rotatable bonds is 4. The fourth-order valence-electron chi connectivity index (χ4n) is 1.74. The average molecular weight is 343 g/mol. The van der Waals surface area contributed by atoms with E-state index in [1.807, 2.05) is 6.07 Å². The number of alkyl halides is 3. The SMILES string of the molecule is CCO/C=N/c1c(C#N)cnn1-c1ccc(C(F)(F)F)cc1Cl. The first-order valence-electron chi connectivity index (χ1n) is 6.37. The van der Waals surface area contributed by atoms with Gasteiger partial charge in [0.05, 0.1) is 29.1 Å². The Hall–Kier alpha value is -2.53. The Kier molecular flexibility index (Phi) is 4.91. The van der Waals surface area contributed by atoms with E-state index in [0.29, 0.717) is 6.61 Å². The summed E-state index contributed by atoms with van der Waals surface area (Å²) in [7, 11) is 0. The van der Waals surface area contributed by atoms with Crippen molar-refractivity contribution in [2.45, 2.75) is 13.1 Å². The highest BCUT2D eigenvalue weighted by Crippen LogP contribution is 2.34. The summed E-state index contributed by atoms with van der Waals surface area (Å²) in [6.07, 6.45) is -2.13. The minimum atomic E-state index is -4.50. The summed E-state index contributed by atoms with van der Waals surface area (Å²) >= 11 is 5.93. The zero-order valence-corrected chi connectivity index (χ0v) is 12.6. The van der Waals surface area contributed by atoms with E-state index in [4.69, 9.17) is 21.6 Å². The standard InChI is InChI=1S/C14H10ClF3N4O/c1-2-23-8-20-13-9(6-19)7-21-22(13)12-4-3-10(5-11(12)15)14(16,17)18/h3-5,7-8H,2H2,1H3/b20-8+. The van der Waals surface area contributed by atoms with Gasteiger partial charge in [0.25, 0.3) is 0 Å². The number of hydrogen-bond acceptors (Lipinski definition) is 4. The van der Waals surface area contributed by atoms with E-state index < -0.39 is 11.7 Å². The fourth-order valence-corrected chi connectivity index (χ4v) is 2.00. The number of aromatic nitrogens is 2. The number of nitrogens with zero attached hydrogens (tertiary/aromatic N) is 4. The molecule has 0 aliphatic heterocycles. The van der Waals surface area contributed by atoms with Gasteiger partial charge in [0.1, 0.15) is 11.6 Å². The summed E-state index contributed by atoms with van der Waals surface area (Å²) in [4.78, 5) is 3.97. The van der Waals surface area contributed by atoms with Crippen molar-refractivity contribution in [1.29, 1.82) is 5.26 Å². The van der Waals surface area contributed by atoms with Gasteiger partial charge in [-0.2, -0.15) is 28.5 Å². The lowest BCUT2D eigenvalue weighted by Gasteiger charge is -2.11. The smallest absolute Gasteiger partial charge is 0.416 e. The molecule has 0 aliphatic rings. The zero-order valence-electron chi connectivity index (χ0n) is 11.8. The van der Waals surface area contributed by atoms with Crippen LogP contribution in [0.2, 0.25) is 5.02 Å². The summed E-state index contributed by atoms with van der Waals surface area (Å²) in [6, 6.07) is 4.73. The van der Waals surface area contributed by atoms with E-state index in [2.05, 4.69) is 10.1 Å². The summed E-state index contributed by atoms with van der Waals surface area (Å²) in [5.41, 5.74) is -0.569. The van der Waals surface area contributed by atoms with Crippen molar-refractivity contribution < 1.29 is 17.9 Å². The van der Waals surface area contributed by atoms with Crippen molar-refractivity contribution in [3.8, 4) is 11.8 Å². The molecule has 0 radical (unpaired) electrons. The Morgan fingerprint density at radius 2 is 2.22 bits per heavy atom. The number of benzene rings is 1. The lowest BCUT2D eigenvalue weighted by Crippen LogP contribution is -2.06. The third-order valence-electron chi connectivity index (χ3n) is 2.78. The minimum Gasteiger partial charge on any atom is -0.483 e. The summed E-state index contributed by atoms with van der Waals surface area (Å²) in [6.45, 7) is 2.13. The van der Waals surface area contributed by atoms with E-state index in [9.17, 15) is 13.2 Å². The minimum absolute atomic E-state index is 0.114. The molecular weight excluding hydrogens is 333 g/mol. The first-order chi connectivity index (χ1) is 10.9. The van der Waals surface area contributed by atoms with Gasteiger partial charge >= 0.3 is 6.18 Å². The van der Waals surface area contributed by atoms with Crippen LogP contribution < -0.4 is 0 Å². The van der Waals surface area contributed by atoms with Crippen LogP contribution in [0.25, 0.3) is 5.69 Å². The molecule has 0 amide bonds. The average Bonchev–Trinajstić information content (AvgIpc) is 2.89. The summed E-state index contributed by atoms with van der Waals surface area (Å²) in [5.74, 6) is 0.114. The monoisotopic (exact) mass is 342 g/mol. The second-order valence-electron chi connectivity index (χ2n) is 4.26. The van der Waals surface area contributed by atoms with Gasteiger partial charge in [0.2, 0.25) is 0 Å². The number of aliphatic imine (C=N–C) groups is 1. The van der Waals surface area contributed by atoms with Crippen molar-refractivity contribution in [3.05, 3.63) is 40.5 Å². The molecule has 1 heterocycles. The molecule has 2 aromatic rings. The number of ether oxygens (including phenoxy) is 1. The van der Waals surface area contributed by atoms with Crippen molar-refractivity contribution in [2.24, 2.45) is 4.99 Å². The highest BCUT2D eigenvalue weighted by Gasteiger charge is 2.31. The van der Waals surface area contributed by atoms with Crippen molar-refractivity contribution in [1.82, 2.24) is 9.78 Å². The molecule has 23 heavy (non-hydrogen) atoms. The maximum absolute atomic E-state index is 12.7. The molecule has 5 nitrogen and oxygen atoms in total. The fraction of sp³-hybridized carbons (Fsp3) is 0.214. The van der Waals surface area contributed by atoms with Gasteiger partial charge in [-0.15, -0.1) is 0 Å². The number of nitriles is 1. The van der Waals surface area contributed by atoms with Crippen LogP contribution in [-0.4, -0.2) is 22.8 Å². The predicted molar refractivity (Wildman–Crippen MR) is 78.1 cm³/mol. The quantitative estimate of drug-likeness (QED) is 0.620.